The van der Waals surface area contributed by atoms with Gasteiger partial charge in [0.05, 0.1) is 21.3 Å². The van der Waals surface area contributed by atoms with E-state index < -0.39 is 11.7 Å². The number of hydrogen-bond donors (Lipinski definition) is 1. The van der Waals surface area contributed by atoms with E-state index in [0.29, 0.717) is 5.69 Å². The van der Waals surface area contributed by atoms with Gasteiger partial charge in [-0.15, -0.1) is 0 Å². The van der Waals surface area contributed by atoms with Crippen LogP contribution in [0.3, 0.4) is 0 Å². The molecule has 0 unspecified atom stereocenters. The van der Waals surface area contributed by atoms with Crippen LogP contribution in [0.2, 0.25) is 10.0 Å². The Bertz CT molecular complexity index is 736. The van der Waals surface area contributed by atoms with Crippen molar-refractivity contribution in [2.45, 2.75) is 13.1 Å². The summed E-state index contributed by atoms with van der Waals surface area (Å²) < 4.78 is 39.1. The number of anilines is 1. The molecule has 0 aliphatic carbocycles. The Morgan fingerprint density at radius 2 is 1.81 bits per heavy atom. The van der Waals surface area contributed by atoms with Crippen molar-refractivity contribution >= 4 is 29.0 Å². The molecule has 1 aromatic heterocycles. The Morgan fingerprint density at radius 1 is 1.29 bits per heavy atom. The standard InChI is InChI=1S/C12H7Cl2F3N4/c1-5-7(4-18)11(19)21(20-5)10-8(13)2-6(3-9(10)14)12(15,16)17/h2-3H,19H2,1H3. The number of hydrogen-bond acceptors (Lipinski definition) is 3. The zero-order chi connectivity index (χ0) is 15.9. The van der Waals surface area contributed by atoms with E-state index in [1.165, 1.54) is 6.92 Å². The maximum Gasteiger partial charge on any atom is 0.416 e. The first kappa shape index (κ1) is 15.5. The third-order valence-corrected chi connectivity index (χ3v) is 3.34. The van der Waals surface area contributed by atoms with Crippen LogP contribution < -0.4 is 5.73 Å². The van der Waals surface area contributed by atoms with Crippen molar-refractivity contribution in [1.82, 2.24) is 9.78 Å². The molecule has 0 bridgehead atoms. The molecule has 2 aromatic rings. The van der Waals surface area contributed by atoms with Gasteiger partial charge in [0.1, 0.15) is 23.1 Å². The first-order chi connectivity index (χ1) is 9.66. The van der Waals surface area contributed by atoms with Gasteiger partial charge in [-0.25, -0.2) is 4.68 Å². The average Bonchev–Trinajstić information content (AvgIpc) is 2.62. The summed E-state index contributed by atoms with van der Waals surface area (Å²) in [5, 5.41) is 12.4. The molecular weight excluding hydrogens is 328 g/mol. The van der Waals surface area contributed by atoms with Crippen LogP contribution in [0.4, 0.5) is 19.0 Å². The van der Waals surface area contributed by atoms with E-state index in [9.17, 15) is 13.2 Å². The third-order valence-electron chi connectivity index (χ3n) is 2.76. The molecule has 9 heteroatoms. The molecule has 0 aliphatic heterocycles. The molecule has 21 heavy (non-hydrogen) atoms. The molecule has 0 aliphatic rings. The fourth-order valence-electron chi connectivity index (χ4n) is 1.79. The van der Waals surface area contributed by atoms with E-state index in [4.69, 9.17) is 34.2 Å². The number of benzene rings is 1. The zero-order valence-electron chi connectivity index (χ0n) is 10.5. The predicted octanol–water partition coefficient (Wildman–Crippen LogP) is 3.96. The quantitative estimate of drug-likeness (QED) is 0.858. The van der Waals surface area contributed by atoms with Crippen LogP contribution in [0.15, 0.2) is 12.1 Å². The summed E-state index contributed by atoms with van der Waals surface area (Å²) in [6.07, 6.45) is -4.57. The number of nitrogens with two attached hydrogens (primary N) is 1. The monoisotopic (exact) mass is 334 g/mol. The number of rotatable bonds is 1. The SMILES string of the molecule is Cc1nn(-c2c(Cl)cc(C(F)(F)F)cc2Cl)c(N)c1C#N. The normalized spacial score (nSPS) is 11.5. The molecule has 0 radical (unpaired) electrons. The second kappa shape index (κ2) is 5.13. The lowest BCUT2D eigenvalue weighted by molar-refractivity contribution is -0.137. The third kappa shape index (κ3) is 2.64. The van der Waals surface area contributed by atoms with Crippen LogP contribution in [0.5, 0.6) is 0 Å². The summed E-state index contributed by atoms with van der Waals surface area (Å²) in [5.41, 5.74) is 5.19. The molecule has 110 valence electrons. The Kier molecular flexibility index (Phi) is 3.78. The Hall–Kier alpha value is -1.91. The highest BCUT2D eigenvalue weighted by atomic mass is 35.5. The van der Waals surface area contributed by atoms with Crippen LogP contribution in [0.1, 0.15) is 16.8 Å². The lowest BCUT2D eigenvalue weighted by atomic mass is 10.2. The summed E-state index contributed by atoms with van der Waals surface area (Å²) >= 11 is 11.7. The highest BCUT2D eigenvalue weighted by molar-refractivity contribution is 6.38. The second-order valence-corrected chi connectivity index (χ2v) is 4.97. The first-order valence-electron chi connectivity index (χ1n) is 5.48. The van der Waals surface area contributed by atoms with Gasteiger partial charge in [0.15, 0.2) is 0 Å². The fourth-order valence-corrected chi connectivity index (χ4v) is 2.43. The highest BCUT2D eigenvalue weighted by Gasteiger charge is 2.32. The molecule has 0 saturated carbocycles. The molecule has 0 fully saturated rings. The summed E-state index contributed by atoms with van der Waals surface area (Å²) in [6.45, 7) is 1.54. The number of nitrogens with zero attached hydrogens (tertiary/aromatic N) is 3. The summed E-state index contributed by atoms with van der Waals surface area (Å²) in [6, 6.07) is 3.31. The lowest BCUT2D eigenvalue weighted by Crippen LogP contribution is -2.08. The van der Waals surface area contributed by atoms with E-state index in [-0.39, 0.29) is 27.1 Å². The minimum Gasteiger partial charge on any atom is -0.382 e. The smallest absolute Gasteiger partial charge is 0.382 e. The van der Waals surface area contributed by atoms with Crippen LogP contribution in [-0.2, 0) is 6.18 Å². The van der Waals surface area contributed by atoms with Crippen molar-refractivity contribution in [3.05, 3.63) is 39.0 Å². The Balaban J connectivity index is 2.70. The lowest BCUT2D eigenvalue weighted by Gasteiger charge is -2.13. The molecule has 2 rings (SSSR count). The fraction of sp³-hybridized carbons (Fsp3) is 0.167. The minimum atomic E-state index is -4.57. The molecule has 1 aromatic carbocycles. The summed E-state index contributed by atoms with van der Waals surface area (Å²) in [5.74, 6) is -0.0430. The number of alkyl halides is 3. The predicted molar refractivity (Wildman–Crippen MR) is 72.5 cm³/mol. The molecule has 4 nitrogen and oxygen atoms in total. The van der Waals surface area contributed by atoms with Crippen LogP contribution in [0.25, 0.3) is 5.69 Å². The molecule has 1 heterocycles. The maximum atomic E-state index is 12.7. The average molecular weight is 335 g/mol. The molecule has 2 N–H and O–H groups in total. The van der Waals surface area contributed by atoms with Gasteiger partial charge in [-0.05, 0) is 19.1 Å². The second-order valence-electron chi connectivity index (χ2n) is 4.16. The van der Waals surface area contributed by atoms with Gasteiger partial charge in [0.25, 0.3) is 0 Å². The minimum absolute atomic E-state index is 0.00608. The van der Waals surface area contributed by atoms with Gasteiger partial charge < -0.3 is 5.73 Å². The Morgan fingerprint density at radius 3 is 2.19 bits per heavy atom. The number of halogens is 5. The van der Waals surface area contributed by atoms with Crippen molar-refractivity contribution in [1.29, 1.82) is 5.26 Å². The van der Waals surface area contributed by atoms with Gasteiger partial charge in [-0.2, -0.15) is 23.5 Å². The van der Waals surface area contributed by atoms with Crippen LogP contribution in [-0.4, -0.2) is 9.78 Å². The van der Waals surface area contributed by atoms with Crippen LogP contribution in [0, 0.1) is 18.3 Å². The van der Waals surface area contributed by atoms with Gasteiger partial charge in [0, 0.05) is 0 Å². The van der Waals surface area contributed by atoms with Gasteiger partial charge in [-0.1, -0.05) is 23.2 Å². The van der Waals surface area contributed by atoms with Gasteiger partial charge >= 0.3 is 6.18 Å². The van der Waals surface area contributed by atoms with E-state index >= 15 is 0 Å². The molecule has 0 saturated heterocycles. The van der Waals surface area contributed by atoms with Gasteiger partial charge in [-0.3, -0.25) is 0 Å². The van der Waals surface area contributed by atoms with E-state index in [0.717, 1.165) is 16.8 Å². The Labute approximate surface area is 127 Å². The molecule has 0 atom stereocenters. The van der Waals surface area contributed by atoms with Crippen molar-refractivity contribution in [3.63, 3.8) is 0 Å². The van der Waals surface area contributed by atoms with Crippen molar-refractivity contribution in [3.8, 4) is 11.8 Å². The molecule has 0 amide bonds. The number of aryl methyl sites for hydroxylation is 1. The molecule has 0 spiro atoms. The first-order valence-corrected chi connectivity index (χ1v) is 6.24. The van der Waals surface area contributed by atoms with E-state index in [1.54, 1.807) is 0 Å². The van der Waals surface area contributed by atoms with Crippen LogP contribution >= 0.6 is 23.2 Å². The van der Waals surface area contributed by atoms with Crippen molar-refractivity contribution < 1.29 is 13.2 Å². The van der Waals surface area contributed by atoms with E-state index in [1.807, 2.05) is 6.07 Å². The van der Waals surface area contributed by atoms with Crippen molar-refractivity contribution in [2.75, 3.05) is 5.73 Å². The van der Waals surface area contributed by atoms with Gasteiger partial charge in [0.2, 0.25) is 0 Å². The molecular formula is C12H7Cl2F3N4. The number of aromatic nitrogens is 2. The topological polar surface area (TPSA) is 67.6 Å². The van der Waals surface area contributed by atoms with Crippen molar-refractivity contribution in [2.24, 2.45) is 0 Å². The number of nitriles is 1. The maximum absolute atomic E-state index is 12.7. The highest BCUT2D eigenvalue weighted by Crippen LogP contribution is 2.38. The zero-order valence-corrected chi connectivity index (χ0v) is 12.0. The summed E-state index contributed by atoms with van der Waals surface area (Å²) in [7, 11) is 0. The van der Waals surface area contributed by atoms with E-state index in [2.05, 4.69) is 5.10 Å². The number of nitrogen functional groups attached to an aromatic ring is 1. The largest absolute Gasteiger partial charge is 0.416 e. The summed E-state index contributed by atoms with van der Waals surface area (Å²) in [4.78, 5) is 0.